The molecule has 1 unspecified atom stereocenters. The molecule has 0 radical (unpaired) electrons. The van der Waals surface area contributed by atoms with E-state index in [4.69, 9.17) is 16.7 Å². The molecule has 3 nitrogen and oxygen atoms in total. The number of carboxylic acids is 1. The number of hydrogen-bond acceptors (Lipinski definition) is 3. The molecule has 0 spiro atoms. The number of rotatable bonds is 2. The fourth-order valence-corrected chi connectivity index (χ4v) is 0.117. The summed E-state index contributed by atoms with van der Waals surface area (Å²) in [7, 11) is 0. The highest BCUT2D eigenvalue weighted by atomic mass is 35.5. The van der Waals surface area contributed by atoms with Crippen molar-refractivity contribution in [1.29, 1.82) is 0 Å². The van der Waals surface area contributed by atoms with Crippen LogP contribution in [0.4, 0.5) is 0 Å². The van der Waals surface area contributed by atoms with Gasteiger partial charge in [0.25, 0.3) is 0 Å². The van der Waals surface area contributed by atoms with Crippen LogP contribution < -0.4 is 0 Å². The van der Waals surface area contributed by atoms with Crippen LogP contribution in [0.3, 0.4) is 0 Å². The van der Waals surface area contributed by atoms with E-state index in [2.05, 4.69) is 17.1 Å². The second-order valence-electron chi connectivity index (χ2n) is 1.31. The summed E-state index contributed by atoms with van der Waals surface area (Å²) in [5, 5.41) is 6.43. The summed E-state index contributed by atoms with van der Waals surface area (Å²) in [5.74, 6) is -1.26. The third-order valence-electron chi connectivity index (χ3n) is 0.553. The SMILES string of the molecule is CC(Cl)(OS)C(=O)O. The van der Waals surface area contributed by atoms with Gasteiger partial charge in [-0.1, -0.05) is 11.6 Å². The maximum absolute atomic E-state index is 9.95. The van der Waals surface area contributed by atoms with Gasteiger partial charge in [0, 0.05) is 0 Å². The van der Waals surface area contributed by atoms with Crippen molar-refractivity contribution < 1.29 is 14.1 Å². The molecule has 1 atom stereocenters. The smallest absolute Gasteiger partial charge is 0.352 e. The highest BCUT2D eigenvalue weighted by Gasteiger charge is 2.30. The quantitative estimate of drug-likeness (QED) is 0.355. The topological polar surface area (TPSA) is 46.5 Å². The normalized spacial score (nSPS) is 17.4. The number of thiol groups is 1. The molecule has 0 aromatic heterocycles. The Balaban J connectivity index is 3.91. The molecule has 8 heavy (non-hydrogen) atoms. The zero-order chi connectivity index (χ0) is 6.78. The van der Waals surface area contributed by atoms with Crippen molar-refractivity contribution in [1.82, 2.24) is 0 Å². The van der Waals surface area contributed by atoms with Crippen LogP contribution in [0.5, 0.6) is 0 Å². The molecule has 0 aromatic rings. The molecule has 0 aliphatic heterocycles. The molecule has 0 bridgehead atoms. The van der Waals surface area contributed by atoms with Crippen molar-refractivity contribution in [2.45, 2.75) is 12.0 Å². The van der Waals surface area contributed by atoms with E-state index in [9.17, 15) is 4.79 Å². The molecule has 0 amide bonds. The summed E-state index contributed by atoms with van der Waals surface area (Å²) in [6, 6.07) is 0. The maximum atomic E-state index is 9.95. The molecule has 5 heteroatoms. The van der Waals surface area contributed by atoms with E-state index in [0.717, 1.165) is 0 Å². The Kier molecular flexibility index (Phi) is 2.59. The van der Waals surface area contributed by atoms with Gasteiger partial charge in [-0.05, 0) is 19.8 Å². The molecule has 0 saturated heterocycles. The number of hydrogen-bond donors (Lipinski definition) is 2. The van der Waals surface area contributed by atoms with E-state index in [1.165, 1.54) is 6.92 Å². The number of carboxylic acid groups (broad SMARTS) is 1. The van der Waals surface area contributed by atoms with E-state index in [0.29, 0.717) is 0 Å². The van der Waals surface area contributed by atoms with Gasteiger partial charge in [-0.15, -0.1) is 0 Å². The monoisotopic (exact) mass is 156 g/mol. The lowest BCUT2D eigenvalue weighted by Gasteiger charge is -2.10. The molecule has 1 N–H and O–H groups in total. The van der Waals surface area contributed by atoms with E-state index in [-0.39, 0.29) is 0 Å². The molecule has 0 aromatic carbocycles. The lowest BCUT2D eigenvalue weighted by atomic mass is 10.4. The first-order valence-corrected chi connectivity index (χ1v) is 2.50. The highest BCUT2D eigenvalue weighted by Crippen LogP contribution is 2.16. The van der Waals surface area contributed by atoms with Crippen molar-refractivity contribution >= 4 is 30.5 Å². The van der Waals surface area contributed by atoms with E-state index < -0.39 is 11.0 Å². The summed E-state index contributed by atoms with van der Waals surface area (Å²) >= 11 is 8.39. The molecule has 0 aliphatic carbocycles. The lowest BCUT2D eigenvalue weighted by Crippen LogP contribution is -2.28. The Morgan fingerprint density at radius 1 is 2.00 bits per heavy atom. The molecule has 0 fully saturated rings. The minimum atomic E-state index is -1.71. The van der Waals surface area contributed by atoms with Gasteiger partial charge in [0.15, 0.2) is 0 Å². The molecule has 0 saturated carbocycles. The second kappa shape index (κ2) is 2.57. The summed E-state index contributed by atoms with van der Waals surface area (Å²) in [6.45, 7) is 1.18. The zero-order valence-electron chi connectivity index (χ0n) is 4.09. The van der Waals surface area contributed by atoms with Gasteiger partial charge in [0.05, 0.1) is 0 Å². The van der Waals surface area contributed by atoms with Crippen molar-refractivity contribution in [3.05, 3.63) is 0 Å². The Bertz CT molecular complexity index is 103. The Morgan fingerprint density at radius 3 is 2.38 bits per heavy atom. The molecule has 48 valence electrons. The molecule has 0 aliphatic rings. The molecular weight excluding hydrogens is 152 g/mol. The predicted octanol–water partition coefficient (Wildman–Crippen LogP) is 0.887. The van der Waals surface area contributed by atoms with Crippen LogP contribution in [0, 0.1) is 0 Å². The van der Waals surface area contributed by atoms with Gasteiger partial charge in [-0.3, -0.25) is 4.18 Å². The van der Waals surface area contributed by atoms with E-state index >= 15 is 0 Å². The molecular formula is C3H5ClO3S. The number of aliphatic carboxylic acids is 1. The van der Waals surface area contributed by atoms with Crippen LogP contribution in [-0.4, -0.2) is 16.1 Å². The third-order valence-corrected chi connectivity index (χ3v) is 1.26. The van der Waals surface area contributed by atoms with Crippen molar-refractivity contribution in [2.24, 2.45) is 0 Å². The first kappa shape index (κ1) is 8.07. The number of halogens is 1. The number of carbonyl (C=O) groups is 1. The van der Waals surface area contributed by atoms with Crippen LogP contribution in [0.2, 0.25) is 0 Å². The summed E-state index contributed by atoms with van der Waals surface area (Å²) < 4.78 is 4.06. The van der Waals surface area contributed by atoms with Crippen LogP contribution in [0.15, 0.2) is 0 Å². The average molecular weight is 157 g/mol. The highest BCUT2D eigenvalue weighted by molar-refractivity contribution is 7.75. The average Bonchev–Trinajstić information content (AvgIpc) is 1.67. The van der Waals surface area contributed by atoms with Crippen LogP contribution in [0.1, 0.15) is 6.92 Å². The maximum Gasteiger partial charge on any atom is 0.352 e. The first-order chi connectivity index (χ1) is 3.50. The summed E-state index contributed by atoms with van der Waals surface area (Å²) in [6.07, 6.45) is 0. The van der Waals surface area contributed by atoms with Crippen LogP contribution in [0.25, 0.3) is 0 Å². The van der Waals surface area contributed by atoms with Crippen molar-refractivity contribution in [3.63, 3.8) is 0 Å². The Morgan fingerprint density at radius 2 is 2.38 bits per heavy atom. The first-order valence-electron chi connectivity index (χ1n) is 1.75. The fourth-order valence-electron chi connectivity index (χ4n) is 0.0390. The number of alkyl halides is 1. The van der Waals surface area contributed by atoms with Crippen molar-refractivity contribution in [3.8, 4) is 0 Å². The minimum absolute atomic E-state index is 1.18. The Labute approximate surface area is 57.2 Å². The van der Waals surface area contributed by atoms with Crippen molar-refractivity contribution in [2.75, 3.05) is 0 Å². The zero-order valence-corrected chi connectivity index (χ0v) is 5.74. The standard InChI is InChI=1S/C3H5ClO3S/c1-3(4,7-8)2(5)6/h8H,1H3,(H,5,6). The van der Waals surface area contributed by atoms with Crippen LogP contribution >= 0.6 is 24.5 Å². The predicted molar refractivity (Wildman–Crippen MR) is 32.0 cm³/mol. The third kappa shape index (κ3) is 1.90. The van der Waals surface area contributed by atoms with Crippen LogP contribution in [-0.2, 0) is 8.98 Å². The van der Waals surface area contributed by atoms with Gasteiger partial charge in [0.2, 0.25) is 5.06 Å². The summed E-state index contributed by atoms with van der Waals surface area (Å²) in [4.78, 5) is 9.95. The van der Waals surface area contributed by atoms with Gasteiger partial charge < -0.3 is 5.11 Å². The fraction of sp³-hybridized carbons (Fsp3) is 0.667. The molecule has 0 heterocycles. The van der Waals surface area contributed by atoms with Gasteiger partial charge in [0.1, 0.15) is 0 Å². The van der Waals surface area contributed by atoms with Gasteiger partial charge >= 0.3 is 5.97 Å². The van der Waals surface area contributed by atoms with E-state index in [1.807, 2.05) is 0 Å². The minimum Gasteiger partial charge on any atom is -0.478 e. The molecule has 0 rings (SSSR count). The lowest BCUT2D eigenvalue weighted by molar-refractivity contribution is -0.146. The van der Waals surface area contributed by atoms with E-state index in [1.54, 1.807) is 0 Å². The van der Waals surface area contributed by atoms with Gasteiger partial charge in [-0.25, -0.2) is 4.79 Å². The second-order valence-corrected chi connectivity index (χ2v) is 2.22. The largest absolute Gasteiger partial charge is 0.478 e. The van der Waals surface area contributed by atoms with Gasteiger partial charge in [-0.2, -0.15) is 0 Å². The summed E-state index contributed by atoms with van der Waals surface area (Å²) in [5.41, 5.74) is 0. The Hall–Kier alpha value is 0.0700.